The Labute approximate surface area is 171 Å². The minimum Gasteiger partial charge on any atom is -0.393 e. The molecule has 152 valence electrons. The van der Waals surface area contributed by atoms with E-state index in [0.717, 1.165) is 12.8 Å². The second-order valence-corrected chi connectivity index (χ2v) is 8.18. The molecule has 0 aliphatic rings. The van der Waals surface area contributed by atoms with E-state index in [9.17, 15) is 23.1 Å². The van der Waals surface area contributed by atoms with Crippen LogP contribution in [0.1, 0.15) is 43.5 Å². The molecule has 2 rings (SSSR count). The number of hydrogen-bond acceptors (Lipinski definition) is 3. The summed E-state index contributed by atoms with van der Waals surface area (Å²) in [7, 11) is 0. The third-order valence-electron chi connectivity index (χ3n) is 4.09. The van der Waals surface area contributed by atoms with Gasteiger partial charge in [-0.2, -0.15) is 0 Å². The van der Waals surface area contributed by atoms with Crippen molar-refractivity contribution in [3.8, 4) is 0 Å². The van der Waals surface area contributed by atoms with Crippen LogP contribution < -0.4 is 5.32 Å². The van der Waals surface area contributed by atoms with E-state index in [2.05, 4.69) is 5.32 Å². The smallest absolute Gasteiger partial charge is 0.255 e. The summed E-state index contributed by atoms with van der Waals surface area (Å²) in [5, 5.41) is 12.5. The molecule has 0 aromatic heterocycles. The lowest BCUT2D eigenvalue weighted by Crippen LogP contribution is -2.13. The first-order valence-corrected chi connectivity index (χ1v) is 10.1. The highest BCUT2D eigenvalue weighted by Gasteiger charge is 2.16. The van der Waals surface area contributed by atoms with Crippen molar-refractivity contribution >= 4 is 35.0 Å². The number of carbonyl (C=O) groups excluding carboxylic acids is 1. The molecule has 28 heavy (non-hydrogen) atoms. The summed E-state index contributed by atoms with van der Waals surface area (Å²) in [6.07, 6.45) is 1.92. The number of anilines is 1. The first-order chi connectivity index (χ1) is 13.2. The molecule has 3 nitrogen and oxygen atoms in total. The van der Waals surface area contributed by atoms with Crippen molar-refractivity contribution in [3.05, 3.63) is 58.4 Å². The third-order valence-corrected chi connectivity index (χ3v) is 6.03. The average Bonchev–Trinajstić information content (AvgIpc) is 2.64. The molecule has 0 fully saturated rings. The number of hydrogen-bond donors (Lipinski definition) is 2. The Hall–Kier alpha value is -1.70. The molecule has 0 radical (unpaired) electrons. The monoisotopic (exact) mass is 431 g/mol. The molecule has 2 N–H and O–H groups in total. The Bertz CT molecular complexity index is 825. The maximum atomic E-state index is 13.3. The highest BCUT2D eigenvalue weighted by atomic mass is 35.5. The normalized spacial score (nSPS) is 13.2. The van der Waals surface area contributed by atoms with Gasteiger partial charge in [-0.15, -0.1) is 11.8 Å². The molecule has 2 aromatic carbocycles. The number of halogens is 4. The second-order valence-electron chi connectivity index (χ2n) is 6.43. The highest BCUT2D eigenvalue weighted by molar-refractivity contribution is 8.00. The Morgan fingerprint density at radius 1 is 1.18 bits per heavy atom. The molecular weight excluding hydrogens is 411 g/mol. The summed E-state index contributed by atoms with van der Waals surface area (Å²) in [6.45, 7) is 3.76. The van der Waals surface area contributed by atoms with Gasteiger partial charge >= 0.3 is 0 Å². The van der Waals surface area contributed by atoms with E-state index in [4.69, 9.17) is 11.6 Å². The summed E-state index contributed by atoms with van der Waals surface area (Å²) in [5.74, 6) is -4.95. The van der Waals surface area contributed by atoms with E-state index in [1.807, 2.05) is 6.92 Å². The number of nitrogens with one attached hydrogen (secondary N) is 1. The van der Waals surface area contributed by atoms with Crippen LogP contribution >= 0.6 is 23.4 Å². The fourth-order valence-electron chi connectivity index (χ4n) is 2.52. The van der Waals surface area contributed by atoms with Crippen LogP contribution in [0.4, 0.5) is 18.9 Å². The average molecular weight is 432 g/mol. The Balaban J connectivity index is 2.16. The van der Waals surface area contributed by atoms with Gasteiger partial charge in [-0.05, 0) is 44.4 Å². The van der Waals surface area contributed by atoms with Crippen LogP contribution in [-0.2, 0) is 0 Å². The van der Waals surface area contributed by atoms with Crippen molar-refractivity contribution in [2.45, 2.75) is 49.4 Å². The summed E-state index contributed by atoms with van der Waals surface area (Å²) in [6, 6.07) is 6.10. The van der Waals surface area contributed by atoms with Gasteiger partial charge in [0.15, 0.2) is 17.5 Å². The lowest BCUT2D eigenvalue weighted by molar-refractivity contribution is 0.102. The summed E-state index contributed by atoms with van der Waals surface area (Å²) < 4.78 is 39.7. The summed E-state index contributed by atoms with van der Waals surface area (Å²) >= 11 is 7.75. The zero-order valence-electron chi connectivity index (χ0n) is 15.4. The molecule has 8 heteroatoms. The zero-order chi connectivity index (χ0) is 20.8. The van der Waals surface area contributed by atoms with Crippen molar-refractivity contribution in [1.82, 2.24) is 0 Å². The van der Waals surface area contributed by atoms with Gasteiger partial charge < -0.3 is 10.4 Å². The molecule has 0 saturated carbocycles. The van der Waals surface area contributed by atoms with Gasteiger partial charge in [0.05, 0.1) is 11.1 Å². The predicted octanol–water partition coefficient (Wildman–Crippen LogP) is 6.04. The van der Waals surface area contributed by atoms with Crippen LogP contribution in [0.2, 0.25) is 5.02 Å². The Morgan fingerprint density at radius 3 is 2.39 bits per heavy atom. The molecule has 0 aliphatic heterocycles. The topological polar surface area (TPSA) is 49.3 Å². The standard InChI is InChI=1S/C20H21ClF3NO2S/c1-3-14(6-4-11(2)26)28-18-8-12(5-7-15(18)21)20(27)25-13-9-16(22)19(24)17(23)10-13/h5,7-11,14,26H,3-4,6H2,1-2H3,(H,25,27). The largest absolute Gasteiger partial charge is 0.393 e. The van der Waals surface area contributed by atoms with Gasteiger partial charge in [0.25, 0.3) is 5.91 Å². The molecule has 2 aromatic rings. The molecule has 0 saturated heterocycles. The molecule has 1 amide bonds. The molecule has 0 spiro atoms. The van der Waals surface area contributed by atoms with Crippen LogP contribution in [-0.4, -0.2) is 22.4 Å². The number of amides is 1. The fraction of sp³-hybridized carbons (Fsp3) is 0.350. The van der Waals surface area contributed by atoms with Gasteiger partial charge in [-0.1, -0.05) is 18.5 Å². The van der Waals surface area contributed by atoms with E-state index in [1.165, 1.54) is 17.8 Å². The molecule has 0 heterocycles. The number of rotatable bonds is 8. The van der Waals surface area contributed by atoms with Gasteiger partial charge in [-0.25, -0.2) is 13.2 Å². The maximum absolute atomic E-state index is 13.3. The van der Waals surface area contributed by atoms with Crippen molar-refractivity contribution < 1.29 is 23.1 Å². The first kappa shape index (κ1) is 22.6. The Kier molecular flexibility index (Phi) is 8.22. The molecule has 2 unspecified atom stereocenters. The summed E-state index contributed by atoms with van der Waals surface area (Å²) in [4.78, 5) is 13.1. The van der Waals surface area contributed by atoms with Crippen molar-refractivity contribution in [2.75, 3.05) is 5.32 Å². The van der Waals surface area contributed by atoms with Crippen molar-refractivity contribution in [1.29, 1.82) is 0 Å². The van der Waals surface area contributed by atoms with E-state index >= 15 is 0 Å². The van der Waals surface area contributed by atoms with Crippen LogP contribution in [0.5, 0.6) is 0 Å². The van der Waals surface area contributed by atoms with E-state index in [0.29, 0.717) is 28.5 Å². The van der Waals surface area contributed by atoms with Gasteiger partial charge in [0, 0.05) is 33.5 Å². The molecule has 0 aliphatic carbocycles. The fourth-order valence-corrected chi connectivity index (χ4v) is 3.93. The molecule has 0 bridgehead atoms. The number of thioether (sulfide) groups is 1. The van der Waals surface area contributed by atoms with Gasteiger partial charge in [0.1, 0.15) is 0 Å². The quantitative estimate of drug-likeness (QED) is 0.395. The van der Waals surface area contributed by atoms with Crippen molar-refractivity contribution in [2.24, 2.45) is 0 Å². The zero-order valence-corrected chi connectivity index (χ0v) is 17.0. The van der Waals surface area contributed by atoms with E-state index < -0.39 is 29.5 Å². The third kappa shape index (κ3) is 6.15. The minimum atomic E-state index is -1.59. The van der Waals surface area contributed by atoms with Gasteiger partial charge in [-0.3, -0.25) is 4.79 Å². The van der Waals surface area contributed by atoms with Crippen LogP contribution in [0.25, 0.3) is 0 Å². The van der Waals surface area contributed by atoms with E-state index in [1.54, 1.807) is 19.1 Å². The lowest BCUT2D eigenvalue weighted by Gasteiger charge is -2.17. The summed E-state index contributed by atoms with van der Waals surface area (Å²) in [5.41, 5.74) is 0.0661. The molecule has 2 atom stereocenters. The Morgan fingerprint density at radius 2 is 1.82 bits per heavy atom. The first-order valence-electron chi connectivity index (χ1n) is 8.81. The van der Waals surface area contributed by atoms with Crippen LogP contribution in [0, 0.1) is 17.5 Å². The number of benzene rings is 2. The second kappa shape index (κ2) is 10.2. The van der Waals surface area contributed by atoms with Crippen LogP contribution in [0.15, 0.2) is 35.2 Å². The number of aliphatic hydroxyl groups excluding tert-OH is 1. The number of aliphatic hydroxyl groups is 1. The maximum Gasteiger partial charge on any atom is 0.255 e. The SMILES string of the molecule is CCC(CCC(C)O)Sc1cc(C(=O)Nc2cc(F)c(F)c(F)c2)ccc1Cl. The van der Waals surface area contributed by atoms with Crippen molar-refractivity contribution in [3.63, 3.8) is 0 Å². The number of carbonyl (C=O) groups is 1. The van der Waals surface area contributed by atoms with Crippen LogP contribution in [0.3, 0.4) is 0 Å². The van der Waals surface area contributed by atoms with Gasteiger partial charge in [0.2, 0.25) is 0 Å². The highest BCUT2D eigenvalue weighted by Crippen LogP contribution is 2.34. The van der Waals surface area contributed by atoms with E-state index in [-0.39, 0.29) is 16.5 Å². The molecular formula is C20H21ClF3NO2S. The predicted molar refractivity (Wildman–Crippen MR) is 107 cm³/mol. The lowest BCUT2D eigenvalue weighted by atomic mass is 10.1. The minimum absolute atomic E-state index is 0.186.